The van der Waals surface area contributed by atoms with E-state index in [2.05, 4.69) is 5.32 Å². The molecule has 2 heterocycles. The lowest BCUT2D eigenvalue weighted by atomic mass is 9.82. The van der Waals surface area contributed by atoms with E-state index in [0.717, 1.165) is 17.8 Å². The molecule has 1 saturated heterocycles. The van der Waals surface area contributed by atoms with Gasteiger partial charge in [0.1, 0.15) is 5.82 Å². The van der Waals surface area contributed by atoms with Crippen LogP contribution in [-0.2, 0) is 17.4 Å². The van der Waals surface area contributed by atoms with Gasteiger partial charge in [0.15, 0.2) is 0 Å². The number of hydrogen-bond acceptors (Lipinski definition) is 3. The monoisotopic (exact) mass is 421 g/mol. The summed E-state index contributed by atoms with van der Waals surface area (Å²) in [6, 6.07) is 9.98. The Bertz CT molecular complexity index is 946. The summed E-state index contributed by atoms with van der Waals surface area (Å²) in [5, 5.41) is 2.81. The van der Waals surface area contributed by atoms with Gasteiger partial charge >= 0.3 is 6.18 Å². The molecule has 1 amide bonds. The molecule has 2 aromatic carbocycles. The number of piperazine rings is 1. The molecule has 2 atom stereocenters. The normalized spacial score (nSPS) is 21.1. The Hall–Kier alpha value is -2.77. The molecule has 0 saturated carbocycles. The first-order valence-corrected chi connectivity index (χ1v) is 10.0. The number of rotatable bonds is 3. The predicted molar refractivity (Wildman–Crippen MR) is 107 cm³/mol. The number of fused-ring (bicyclic) bond motifs is 3. The van der Waals surface area contributed by atoms with Crippen molar-refractivity contribution in [1.29, 1.82) is 0 Å². The third kappa shape index (κ3) is 3.70. The molecule has 0 radical (unpaired) electrons. The van der Waals surface area contributed by atoms with Crippen molar-refractivity contribution in [2.75, 3.05) is 36.0 Å². The summed E-state index contributed by atoms with van der Waals surface area (Å²) in [6.45, 7) is 3.67. The number of nitrogens with zero attached hydrogens (tertiary/aromatic N) is 2. The van der Waals surface area contributed by atoms with Gasteiger partial charge in [-0.15, -0.1) is 0 Å². The van der Waals surface area contributed by atoms with Crippen LogP contribution in [-0.4, -0.2) is 38.1 Å². The molecule has 0 aromatic heterocycles. The van der Waals surface area contributed by atoms with Gasteiger partial charge in [-0.05, 0) is 49.2 Å². The Morgan fingerprint density at radius 1 is 1.13 bits per heavy atom. The SMILES string of the molecule is CCNC(=O)[C@H]1Cc2cc(C(F)(F)F)ccc2N2CCN(c3ccccc3F)C[C@@H]12. The zero-order valence-corrected chi connectivity index (χ0v) is 16.5. The average molecular weight is 421 g/mol. The molecule has 30 heavy (non-hydrogen) atoms. The molecule has 4 rings (SSSR count). The van der Waals surface area contributed by atoms with Gasteiger partial charge in [0, 0.05) is 31.9 Å². The second kappa shape index (κ2) is 7.81. The Kier molecular flexibility index (Phi) is 5.34. The fourth-order valence-electron chi connectivity index (χ4n) is 4.53. The lowest BCUT2D eigenvalue weighted by molar-refractivity contribution is -0.137. The van der Waals surface area contributed by atoms with E-state index in [9.17, 15) is 22.4 Å². The molecule has 2 aromatic rings. The Labute approximate surface area is 172 Å². The summed E-state index contributed by atoms with van der Waals surface area (Å²) >= 11 is 0. The third-order valence-electron chi connectivity index (χ3n) is 5.92. The number of benzene rings is 2. The van der Waals surface area contributed by atoms with E-state index in [0.29, 0.717) is 37.4 Å². The van der Waals surface area contributed by atoms with Crippen LogP contribution in [0.25, 0.3) is 0 Å². The summed E-state index contributed by atoms with van der Waals surface area (Å²) in [6.07, 6.45) is -4.21. The van der Waals surface area contributed by atoms with Crippen LogP contribution in [0.4, 0.5) is 28.9 Å². The summed E-state index contributed by atoms with van der Waals surface area (Å²) in [4.78, 5) is 16.7. The largest absolute Gasteiger partial charge is 0.416 e. The smallest absolute Gasteiger partial charge is 0.365 e. The molecule has 2 aliphatic heterocycles. The van der Waals surface area contributed by atoms with Gasteiger partial charge in [-0.25, -0.2) is 4.39 Å². The van der Waals surface area contributed by atoms with E-state index >= 15 is 0 Å². The topological polar surface area (TPSA) is 35.6 Å². The van der Waals surface area contributed by atoms with Crippen molar-refractivity contribution in [2.45, 2.75) is 25.6 Å². The summed E-state index contributed by atoms with van der Waals surface area (Å²) in [5.41, 5.74) is 1.02. The second-order valence-electron chi connectivity index (χ2n) is 7.70. The van der Waals surface area contributed by atoms with Crippen LogP contribution in [0, 0.1) is 11.7 Å². The highest BCUT2D eigenvalue weighted by Gasteiger charge is 2.42. The maximum Gasteiger partial charge on any atom is 0.416 e. The number of alkyl halides is 3. The van der Waals surface area contributed by atoms with Gasteiger partial charge < -0.3 is 15.1 Å². The predicted octanol–water partition coefficient (Wildman–Crippen LogP) is 3.85. The fourth-order valence-corrected chi connectivity index (χ4v) is 4.53. The van der Waals surface area contributed by atoms with E-state index < -0.39 is 17.7 Å². The maximum absolute atomic E-state index is 14.3. The van der Waals surface area contributed by atoms with Crippen LogP contribution in [0.2, 0.25) is 0 Å². The molecule has 0 unspecified atom stereocenters. The minimum Gasteiger partial charge on any atom is -0.365 e. The van der Waals surface area contributed by atoms with Gasteiger partial charge in [0.25, 0.3) is 0 Å². The van der Waals surface area contributed by atoms with Gasteiger partial charge in [-0.2, -0.15) is 13.2 Å². The summed E-state index contributed by atoms with van der Waals surface area (Å²) < 4.78 is 54.0. The molecule has 8 heteroatoms. The first-order valence-electron chi connectivity index (χ1n) is 10.0. The number of carbonyl (C=O) groups excluding carboxylic acids is 1. The lowest BCUT2D eigenvalue weighted by Gasteiger charge is -2.49. The van der Waals surface area contributed by atoms with Crippen LogP contribution in [0.3, 0.4) is 0 Å². The number of hydrogen-bond donors (Lipinski definition) is 1. The minimum absolute atomic E-state index is 0.189. The molecular weight excluding hydrogens is 398 g/mol. The van der Waals surface area contributed by atoms with Crippen molar-refractivity contribution < 1.29 is 22.4 Å². The van der Waals surface area contributed by atoms with Crippen molar-refractivity contribution in [2.24, 2.45) is 5.92 Å². The molecular formula is C22H23F4N3O. The highest BCUT2D eigenvalue weighted by molar-refractivity contribution is 5.82. The van der Waals surface area contributed by atoms with Crippen molar-refractivity contribution in [3.05, 3.63) is 59.4 Å². The number of amides is 1. The highest BCUT2D eigenvalue weighted by atomic mass is 19.4. The Balaban J connectivity index is 1.70. The molecule has 2 aliphatic rings. The van der Waals surface area contributed by atoms with E-state index in [1.807, 2.05) is 9.80 Å². The zero-order chi connectivity index (χ0) is 21.5. The van der Waals surface area contributed by atoms with E-state index in [4.69, 9.17) is 0 Å². The van der Waals surface area contributed by atoms with Gasteiger partial charge in [0.2, 0.25) is 5.91 Å². The maximum atomic E-state index is 14.3. The zero-order valence-electron chi connectivity index (χ0n) is 16.5. The Morgan fingerprint density at radius 2 is 1.90 bits per heavy atom. The highest BCUT2D eigenvalue weighted by Crippen LogP contribution is 2.40. The average Bonchev–Trinajstić information content (AvgIpc) is 2.72. The molecule has 1 N–H and O–H groups in total. The van der Waals surface area contributed by atoms with E-state index in [1.54, 1.807) is 25.1 Å². The molecule has 4 nitrogen and oxygen atoms in total. The fraction of sp³-hybridized carbons (Fsp3) is 0.409. The number of halogens is 4. The summed E-state index contributed by atoms with van der Waals surface area (Å²) in [7, 11) is 0. The van der Waals surface area contributed by atoms with Crippen molar-refractivity contribution in [1.82, 2.24) is 5.32 Å². The van der Waals surface area contributed by atoms with Crippen LogP contribution in [0.5, 0.6) is 0 Å². The van der Waals surface area contributed by atoms with E-state index in [-0.39, 0.29) is 24.2 Å². The quantitative estimate of drug-likeness (QED) is 0.765. The van der Waals surface area contributed by atoms with Gasteiger partial charge in [-0.3, -0.25) is 4.79 Å². The third-order valence-corrected chi connectivity index (χ3v) is 5.92. The standard InChI is InChI=1S/C22H23F4N3O/c1-2-27-21(30)16-12-14-11-15(22(24,25)26)7-8-18(14)29-10-9-28(13-20(16)29)19-6-4-3-5-17(19)23/h3-8,11,16,20H,2,9-10,12-13H2,1H3,(H,27,30)/t16-,20-/m0/s1. The van der Waals surface area contributed by atoms with Crippen molar-refractivity contribution in [3.8, 4) is 0 Å². The first kappa shape index (κ1) is 20.5. The first-order chi connectivity index (χ1) is 14.3. The minimum atomic E-state index is -4.43. The molecule has 1 fully saturated rings. The van der Waals surface area contributed by atoms with Gasteiger partial charge in [-0.1, -0.05) is 12.1 Å². The van der Waals surface area contributed by atoms with Crippen molar-refractivity contribution in [3.63, 3.8) is 0 Å². The number of carbonyl (C=O) groups is 1. The van der Waals surface area contributed by atoms with E-state index in [1.165, 1.54) is 12.1 Å². The van der Waals surface area contributed by atoms with Crippen LogP contribution in [0.15, 0.2) is 42.5 Å². The summed E-state index contributed by atoms with van der Waals surface area (Å²) in [5.74, 6) is -1.03. The van der Waals surface area contributed by atoms with Crippen LogP contribution >= 0.6 is 0 Å². The van der Waals surface area contributed by atoms with Crippen LogP contribution < -0.4 is 15.1 Å². The molecule has 0 aliphatic carbocycles. The molecule has 160 valence electrons. The number of anilines is 2. The van der Waals surface area contributed by atoms with Crippen molar-refractivity contribution >= 4 is 17.3 Å². The second-order valence-corrected chi connectivity index (χ2v) is 7.70. The molecule has 0 bridgehead atoms. The number of nitrogens with one attached hydrogen (secondary N) is 1. The molecule has 0 spiro atoms. The number of para-hydroxylation sites is 1. The van der Waals surface area contributed by atoms with Gasteiger partial charge in [0.05, 0.1) is 23.2 Å². The Morgan fingerprint density at radius 3 is 2.60 bits per heavy atom. The lowest BCUT2D eigenvalue weighted by Crippen LogP contribution is -2.61. The van der Waals surface area contributed by atoms with Crippen LogP contribution in [0.1, 0.15) is 18.1 Å².